The number of nitrogens with zero attached hydrogens (tertiary/aromatic N) is 1. The zero-order valence-corrected chi connectivity index (χ0v) is 19.9. The highest BCUT2D eigenvalue weighted by molar-refractivity contribution is 6.35. The molecule has 33 heavy (non-hydrogen) atoms. The number of hydrogen-bond acceptors (Lipinski definition) is 5. The van der Waals surface area contributed by atoms with Crippen LogP contribution in [0.2, 0.25) is 10.0 Å². The lowest BCUT2D eigenvalue weighted by atomic mass is 10.1. The van der Waals surface area contributed by atoms with Crippen LogP contribution >= 0.6 is 23.2 Å². The van der Waals surface area contributed by atoms with E-state index < -0.39 is 5.97 Å². The molecule has 0 radical (unpaired) electrons. The average molecular weight is 488 g/mol. The standard InChI is InChI=1S/C25H23Cl2NO5/c1-4-33-25(30)16-9-12-19(13-10-16)28(15-17-8-11-18(26)14-20(17)27)24(29)23-21(31-2)6-5-7-22(23)32-3/h5-14H,4,15H2,1-3H3. The van der Waals surface area contributed by atoms with E-state index in [0.717, 1.165) is 0 Å². The van der Waals surface area contributed by atoms with Gasteiger partial charge in [-0.1, -0.05) is 35.3 Å². The summed E-state index contributed by atoms with van der Waals surface area (Å²) in [6.45, 7) is 2.16. The largest absolute Gasteiger partial charge is 0.496 e. The van der Waals surface area contributed by atoms with Gasteiger partial charge in [0.1, 0.15) is 17.1 Å². The summed E-state index contributed by atoms with van der Waals surface area (Å²) in [5, 5.41) is 0.919. The highest BCUT2D eigenvalue weighted by Gasteiger charge is 2.26. The van der Waals surface area contributed by atoms with Crippen molar-refractivity contribution in [2.75, 3.05) is 25.7 Å². The van der Waals surface area contributed by atoms with Crippen LogP contribution in [0.25, 0.3) is 0 Å². The maximum absolute atomic E-state index is 13.8. The molecule has 0 unspecified atom stereocenters. The highest BCUT2D eigenvalue weighted by atomic mass is 35.5. The van der Waals surface area contributed by atoms with E-state index in [-0.39, 0.29) is 24.6 Å². The number of carbonyl (C=O) groups excluding carboxylic acids is 2. The second-order valence-corrected chi connectivity index (χ2v) is 7.78. The molecule has 0 saturated heterocycles. The van der Waals surface area contributed by atoms with Crippen LogP contribution in [0.3, 0.4) is 0 Å². The molecule has 0 aliphatic rings. The Balaban J connectivity index is 2.08. The lowest BCUT2D eigenvalue weighted by molar-refractivity contribution is 0.0526. The average Bonchev–Trinajstić information content (AvgIpc) is 2.83. The molecule has 0 bridgehead atoms. The van der Waals surface area contributed by atoms with Crippen molar-refractivity contribution in [1.82, 2.24) is 0 Å². The van der Waals surface area contributed by atoms with Crippen molar-refractivity contribution in [3.05, 3.63) is 87.4 Å². The molecular weight excluding hydrogens is 465 g/mol. The molecule has 0 aliphatic heterocycles. The van der Waals surface area contributed by atoms with Crippen LogP contribution in [0.15, 0.2) is 60.7 Å². The van der Waals surface area contributed by atoms with Crippen molar-refractivity contribution in [3.63, 3.8) is 0 Å². The Morgan fingerprint density at radius 2 is 1.55 bits per heavy atom. The monoisotopic (exact) mass is 487 g/mol. The van der Waals surface area contributed by atoms with E-state index in [4.69, 9.17) is 37.4 Å². The van der Waals surface area contributed by atoms with Gasteiger partial charge < -0.3 is 19.1 Å². The lowest BCUT2D eigenvalue weighted by Crippen LogP contribution is -2.31. The first-order chi connectivity index (χ1) is 15.9. The molecule has 172 valence electrons. The number of amides is 1. The van der Waals surface area contributed by atoms with Gasteiger partial charge in [0.05, 0.1) is 32.9 Å². The van der Waals surface area contributed by atoms with Crippen LogP contribution in [0.4, 0.5) is 5.69 Å². The number of carbonyl (C=O) groups is 2. The van der Waals surface area contributed by atoms with Crippen molar-refractivity contribution >= 4 is 40.8 Å². The summed E-state index contributed by atoms with van der Waals surface area (Å²) in [4.78, 5) is 27.4. The molecule has 0 fully saturated rings. The fourth-order valence-corrected chi connectivity index (χ4v) is 3.76. The van der Waals surface area contributed by atoms with Crippen molar-refractivity contribution in [2.45, 2.75) is 13.5 Å². The summed E-state index contributed by atoms with van der Waals surface area (Å²) >= 11 is 12.4. The first kappa shape index (κ1) is 24.4. The fourth-order valence-electron chi connectivity index (χ4n) is 3.29. The zero-order chi connectivity index (χ0) is 24.0. The first-order valence-corrected chi connectivity index (χ1v) is 10.9. The van der Waals surface area contributed by atoms with Crippen LogP contribution < -0.4 is 14.4 Å². The number of halogens is 2. The molecule has 0 heterocycles. The van der Waals surface area contributed by atoms with Gasteiger partial charge in [0.15, 0.2) is 0 Å². The Labute approximate surface area is 202 Å². The molecule has 0 aliphatic carbocycles. The Morgan fingerprint density at radius 1 is 0.909 bits per heavy atom. The van der Waals surface area contributed by atoms with Crippen LogP contribution in [0.1, 0.15) is 33.2 Å². The Morgan fingerprint density at radius 3 is 2.09 bits per heavy atom. The molecule has 1 amide bonds. The van der Waals surface area contributed by atoms with E-state index in [0.29, 0.717) is 38.4 Å². The van der Waals surface area contributed by atoms with Crippen LogP contribution in [0, 0.1) is 0 Å². The molecule has 0 spiro atoms. The minimum Gasteiger partial charge on any atom is -0.496 e. The molecule has 0 aromatic heterocycles. The number of esters is 1. The van der Waals surface area contributed by atoms with E-state index in [9.17, 15) is 9.59 Å². The summed E-state index contributed by atoms with van der Waals surface area (Å²) in [7, 11) is 2.97. The minimum atomic E-state index is -0.436. The third-order valence-electron chi connectivity index (χ3n) is 4.92. The second kappa shape index (κ2) is 11.1. The van der Waals surface area contributed by atoms with Gasteiger partial charge in [-0.3, -0.25) is 4.79 Å². The van der Waals surface area contributed by atoms with Gasteiger partial charge in [0, 0.05) is 15.7 Å². The van der Waals surface area contributed by atoms with Crippen molar-refractivity contribution in [2.24, 2.45) is 0 Å². The van der Waals surface area contributed by atoms with E-state index in [2.05, 4.69) is 0 Å². The Bertz CT molecular complexity index is 1130. The fraction of sp³-hybridized carbons (Fsp3) is 0.200. The summed E-state index contributed by atoms with van der Waals surface area (Å²) in [6, 6.07) is 16.8. The van der Waals surface area contributed by atoms with Gasteiger partial charge in [-0.25, -0.2) is 4.79 Å². The van der Waals surface area contributed by atoms with Crippen LogP contribution in [-0.2, 0) is 11.3 Å². The second-order valence-electron chi connectivity index (χ2n) is 6.93. The van der Waals surface area contributed by atoms with E-state index in [1.54, 1.807) is 67.6 Å². The minimum absolute atomic E-state index is 0.148. The Hall–Kier alpha value is -3.22. The molecule has 0 atom stereocenters. The molecule has 0 saturated carbocycles. The van der Waals surface area contributed by atoms with Crippen molar-refractivity contribution in [3.8, 4) is 11.5 Å². The van der Waals surface area contributed by atoms with E-state index in [1.807, 2.05) is 0 Å². The highest BCUT2D eigenvalue weighted by Crippen LogP contribution is 2.33. The maximum atomic E-state index is 13.8. The summed E-state index contributed by atoms with van der Waals surface area (Å²) < 4.78 is 15.9. The summed E-state index contributed by atoms with van der Waals surface area (Å²) in [6.07, 6.45) is 0. The molecule has 3 aromatic rings. The molecule has 3 aromatic carbocycles. The predicted octanol–water partition coefficient (Wildman–Crippen LogP) is 6.03. The molecule has 6 nitrogen and oxygen atoms in total. The number of hydrogen-bond donors (Lipinski definition) is 0. The normalized spacial score (nSPS) is 10.5. The number of anilines is 1. The van der Waals surface area contributed by atoms with Crippen molar-refractivity contribution in [1.29, 1.82) is 0 Å². The first-order valence-electron chi connectivity index (χ1n) is 10.1. The van der Waals surface area contributed by atoms with Gasteiger partial charge in [-0.2, -0.15) is 0 Å². The van der Waals surface area contributed by atoms with Gasteiger partial charge in [0.2, 0.25) is 0 Å². The molecule has 0 N–H and O–H groups in total. The third-order valence-corrected chi connectivity index (χ3v) is 5.51. The smallest absolute Gasteiger partial charge is 0.338 e. The van der Waals surface area contributed by atoms with Gasteiger partial charge >= 0.3 is 5.97 Å². The lowest BCUT2D eigenvalue weighted by Gasteiger charge is -2.25. The summed E-state index contributed by atoms with van der Waals surface area (Å²) in [5.41, 5.74) is 1.89. The van der Waals surface area contributed by atoms with Gasteiger partial charge in [0.25, 0.3) is 5.91 Å². The number of rotatable bonds is 8. The van der Waals surface area contributed by atoms with Gasteiger partial charge in [-0.05, 0) is 61.0 Å². The number of benzene rings is 3. The SMILES string of the molecule is CCOC(=O)c1ccc(N(Cc2ccc(Cl)cc2Cl)C(=O)c2c(OC)cccc2OC)cc1. The molecule has 3 rings (SSSR count). The van der Waals surface area contributed by atoms with E-state index in [1.165, 1.54) is 19.1 Å². The number of methoxy groups -OCH3 is 2. The molecule has 8 heteroatoms. The van der Waals surface area contributed by atoms with Crippen LogP contribution in [-0.4, -0.2) is 32.7 Å². The van der Waals surface area contributed by atoms with Gasteiger partial charge in [-0.15, -0.1) is 0 Å². The maximum Gasteiger partial charge on any atom is 0.338 e. The predicted molar refractivity (Wildman–Crippen MR) is 129 cm³/mol. The quantitative estimate of drug-likeness (QED) is 0.362. The third kappa shape index (κ3) is 5.59. The topological polar surface area (TPSA) is 65.1 Å². The zero-order valence-electron chi connectivity index (χ0n) is 18.4. The van der Waals surface area contributed by atoms with Crippen molar-refractivity contribution < 1.29 is 23.8 Å². The summed E-state index contributed by atoms with van der Waals surface area (Å²) in [5.74, 6) is -0.0577. The van der Waals surface area contributed by atoms with Crippen LogP contribution in [0.5, 0.6) is 11.5 Å². The molecular formula is C25H23Cl2NO5. The Kier molecular flexibility index (Phi) is 8.20. The van der Waals surface area contributed by atoms with E-state index >= 15 is 0 Å². The number of ether oxygens (including phenoxy) is 3.